The number of fused-ring (bicyclic) bond motifs is 2. The molecular formula is C11H17BrO3. The maximum Gasteiger partial charge on any atom is 0.174 e. The maximum atomic E-state index is 9.93. The van der Waals surface area contributed by atoms with Gasteiger partial charge in [0.15, 0.2) is 5.79 Å². The summed E-state index contributed by atoms with van der Waals surface area (Å²) >= 11 is 3.48. The number of alkyl halides is 1. The first-order valence-electron chi connectivity index (χ1n) is 5.81. The van der Waals surface area contributed by atoms with Gasteiger partial charge in [-0.25, -0.2) is 0 Å². The monoisotopic (exact) mass is 276 g/mol. The minimum Gasteiger partial charge on any atom is -0.393 e. The van der Waals surface area contributed by atoms with Gasteiger partial charge in [0, 0.05) is 23.1 Å². The van der Waals surface area contributed by atoms with E-state index >= 15 is 0 Å². The Morgan fingerprint density at radius 1 is 1.27 bits per heavy atom. The number of hydrogen-bond donors (Lipinski definition) is 1. The highest BCUT2D eigenvalue weighted by Gasteiger charge is 2.68. The van der Waals surface area contributed by atoms with Gasteiger partial charge in [0.05, 0.1) is 19.3 Å². The SMILES string of the molecule is OC1CC[C@@H]2[C@H]1C(CCBr)C21OCCO1. The summed E-state index contributed by atoms with van der Waals surface area (Å²) in [5, 5.41) is 10.9. The lowest BCUT2D eigenvalue weighted by molar-refractivity contribution is -0.320. The Bertz CT molecular complexity index is 252. The van der Waals surface area contributed by atoms with E-state index in [1.807, 2.05) is 0 Å². The van der Waals surface area contributed by atoms with Crippen LogP contribution >= 0.6 is 15.9 Å². The fraction of sp³-hybridized carbons (Fsp3) is 1.00. The van der Waals surface area contributed by atoms with E-state index in [1.165, 1.54) is 0 Å². The van der Waals surface area contributed by atoms with Gasteiger partial charge in [0.25, 0.3) is 0 Å². The van der Waals surface area contributed by atoms with Crippen molar-refractivity contribution in [2.24, 2.45) is 17.8 Å². The molecule has 3 nitrogen and oxygen atoms in total. The van der Waals surface area contributed by atoms with E-state index in [-0.39, 0.29) is 11.9 Å². The van der Waals surface area contributed by atoms with Crippen LogP contribution in [0.15, 0.2) is 0 Å². The highest BCUT2D eigenvalue weighted by Crippen LogP contribution is 2.62. The Hall–Kier alpha value is 0.360. The van der Waals surface area contributed by atoms with Gasteiger partial charge in [-0.3, -0.25) is 0 Å². The summed E-state index contributed by atoms with van der Waals surface area (Å²) in [7, 11) is 0. The lowest BCUT2D eigenvalue weighted by atomic mass is 9.59. The molecule has 3 aliphatic rings. The molecule has 15 heavy (non-hydrogen) atoms. The van der Waals surface area contributed by atoms with Crippen molar-refractivity contribution in [2.75, 3.05) is 18.5 Å². The molecule has 3 rings (SSSR count). The molecular weight excluding hydrogens is 260 g/mol. The summed E-state index contributed by atoms with van der Waals surface area (Å²) in [6, 6.07) is 0. The Labute approximate surface area is 98.3 Å². The molecule has 0 bridgehead atoms. The fourth-order valence-corrected chi connectivity index (χ4v) is 4.32. The van der Waals surface area contributed by atoms with Crippen LogP contribution in [0.25, 0.3) is 0 Å². The van der Waals surface area contributed by atoms with Crippen molar-refractivity contribution in [3.63, 3.8) is 0 Å². The van der Waals surface area contributed by atoms with Crippen molar-refractivity contribution in [2.45, 2.75) is 31.2 Å². The van der Waals surface area contributed by atoms with Gasteiger partial charge < -0.3 is 14.6 Å². The maximum absolute atomic E-state index is 9.93. The van der Waals surface area contributed by atoms with Gasteiger partial charge in [-0.05, 0) is 19.3 Å². The van der Waals surface area contributed by atoms with Crippen LogP contribution in [-0.4, -0.2) is 35.5 Å². The first-order chi connectivity index (χ1) is 7.29. The second kappa shape index (κ2) is 3.69. The predicted octanol–water partition coefficient (Wildman–Crippen LogP) is 1.53. The summed E-state index contributed by atoms with van der Waals surface area (Å²) in [6.45, 7) is 1.44. The molecule has 2 unspecified atom stereocenters. The first-order valence-corrected chi connectivity index (χ1v) is 6.93. The lowest BCUT2D eigenvalue weighted by Gasteiger charge is -2.56. The van der Waals surface area contributed by atoms with Crippen LogP contribution in [0, 0.1) is 17.8 Å². The van der Waals surface area contributed by atoms with Crippen LogP contribution in [0.1, 0.15) is 19.3 Å². The van der Waals surface area contributed by atoms with Gasteiger partial charge in [0.2, 0.25) is 0 Å². The molecule has 0 radical (unpaired) electrons. The molecule has 1 N–H and O–H groups in total. The average Bonchev–Trinajstić information content (AvgIpc) is 2.80. The molecule has 0 aromatic carbocycles. The number of aliphatic hydroxyl groups is 1. The zero-order valence-corrected chi connectivity index (χ0v) is 10.3. The second-order valence-corrected chi connectivity index (χ2v) is 5.62. The zero-order valence-electron chi connectivity index (χ0n) is 8.69. The third-order valence-electron chi connectivity index (χ3n) is 4.34. The van der Waals surface area contributed by atoms with Crippen LogP contribution in [0.4, 0.5) is 0 Å². The molecule has 1 aliphatic heterocycles. The molecule has 2 saturated carbocycles. The molecule has 3 fully saturated rings. The molecule has 4 atom stereocenters. The minimum atomic E-state index is -0.323. The zero-order chi connectivity index (χ0) is 10.5. The Kier molecular flexibility index (Phi) is 2.58. The summed E-state index contributed by atoms with van der Waals surface area (Å²) in [5.41, 5.74) is 0. The van der Waals surface area contributed by atoms with Crippen molar-refractivity contribution in [1.82, 2.24) is 0 Å². The molecule has 1 heterocycles. The van der Waals surface area contributed by atoms with E-state index in [2.05, 4.69) is 15.9 Å². The summed E-state index contributed by atoms with van der Waals surface area (Å²) < 4.78 is 11.7. The summed E-state index contributed by atoms with van der Waals surface area (Å²) in [5.74, 6) is 0.928. The Morgan fingerprint density at radius 2 is 2.00 bits per heavy atom. The molecule has 4 heteroatoms. The van der Waals surface area contributed by atoms with Crippen molar-refractivity contribution < 1.29 is 14.6 Å². The van der Waals surface area contributed by atoms with Crippen molar-refractivity contribution >= 4 is 15.9 Å². The number of hydrogen-bond acceptors (Lipinski definition) is 3. The number of aliphatic hydroxyl groups excluding tert-OH is 1. The summed E-state index contributed by atoms with van der Waals surface area (Å²) in [4.78, 5) is 0. The number of ether oxygens (including phenoxy) is 2. The van der Waals surface area contributed by atoms with Gasteiger partial charge in [-0.15, -0.1) is 0 Å². The van der Waals surface area contributed by atoms with Crippen LogP contribution in [0.5, 0.6) is 0 Å². The number of halogens is 1. The average molecular weight is 277 g/mol. The van der Waals surface area contributed by atoms with E-state index in [0.717, 1.165) is 37.8 Å². The third kappa shape index (κ3) is 1.28. The van der Waals surface area contributed by atoms with Crippen LogP contribution in [0.2, 0.25) is 0 Å². The molecule has 2 aliphatic carbocycles. The number of rotatable bonds is 2. The van der Waals surface area contributed by atoms with E-state index < -0.39 is 0 Å². The van der Waals surface area contributed by atoms with Crippen LogP contribution in [-0.2, 0) is 9.47 Å². The van der Waals surface area contributed by atoms with E-state index in [1.54, 1.807) is 0 Å². The second-order valence-electron chi connectivity index (χ2n) is 4.83. The lowest BCUT2D eigenvalue weighted by Crippen LogP contribution is -2.63. The van der Waals surface area contributed by atoms with Gasteiger partial charge in [0.1, 0.15) is 0 Å². The van der Waals surface area contributed by atoms with E-state index in [0.29, 0.717) is 17.8 Å². The molecule has 0 amide bonds. The van der Waals surface area contributed by atoms with Gasteiger partial charge in [-0.1, -0.05) is 15.9 Å². The Morgan fingerprint density at radius 3 is 2.67 bits per heavy atom. The highest BCUT2D eigenvalue weighted by molar-refractivity contribution is 9.09. The highest BCUT2D eigenvalue weighted by atomic mass is 79.9. The van der Waals surface area contributed by atoms with E-state index in [9.17, 15) is 5.11 Å². The topological polar surface area (TPSA) is 38.7 Å². The smallest absolute Gasteiger partial charge is 0.174 e. The van der Waals surface area contributed by atoms with Crippen LogP contribution in [0.3, 0.4) is 0 Å². The molecule has 0 aromatic heterocycles. The van der Waals surface area contributed by atoms with Gasteiger partial charge >= 0.3 is 0 Å². The fourth-order valence-electron chi connectivity index (χ4n) is 3.83. The standard InChI is InChI=1S/C11H17BrO3/c12-4-3-8-10-7(1-2-9(10)13)11(8)14-5-6-15-11/h7-10,13H,1-6H2/t7-,8?,9?,10+/m1/s1. The van der Waals surface area contributed by atoms with Crippen molar-refractivity contribution in [1.29, 1.82) is 0 Å². The first kappa shape index (κ1) is 10.5. The third-order valence-corrected chi connectivity index (χ3v) is 4.80. The van der Waals surface area contributed by atoms with Crippen molar-refractivity contribution in [3.05, 3.63) is 0 Å². The molecule has 0 aromatic rings. The predicted molar refractivity (Wildman–Crippen MR) is 58.8 cm³/mol. The van der Waals surface area contributed by atoms with Gasteiger partial charge in [-0.2, -0.15) is 0 Å². The molecule has 86 valence electrons. The van der Waals surface area contributed by atoms with Crippen LogP contribution < -0.4 is 0 Å². The normalized spacial score (nSPS) is 46.8. The largest absolute Gasteiger partial charge is 0.393 e. The molecule has 1 spiro atoms. The van der Waals surface area contributed by atoms with E-state index in [4.69, 9.17) is 9.47 Å². The Balaban J connectivity index is 1.82. The summed E-state index contributed by atoms with van der Waals surface area (Å²) in [6.07, 6.45) is 2.89. The minimum absolute atomic E-state index is 0.127. The quantitative estimate of drug-likeness (QED) is 0.778. The molecule has 1 saturated heterocycles. The van der Waals surface area contributed by atoms with Crippen molar-refractivity contribution in [3.8, 4) is 0 Å².